The van der Waals surface area contributed by atoms with Crippen molar-refractivity contribution in [2.45, 2.75) is 18.5 Å². The average molecular weight is 244 g/mol. The standard InChI is InChI=1S/C9H6F6O/c10-7(8(11,12)9(13,14)15)16-6-4-2-1-3-5-6/h1-5,7H. The molecule has 0 saturated carbocycles. The van der Waals surface area contributed by atoms with Gasteiger partial charge in [-0.15, -0.1) is 0 Å². The van der Waals surface area contributed by atoms with Crippen LogP contribution in [0.25, 0.3) is 0 Å². The Bertz CT molecular complexity index is 334. The quantitative estimate of drug-likeness (QED) is 0.738. The van der Waals surface area contributed by atoms with Crippen LogP contribution in [0.4, 0.5) is 26.3 Å². The lowest BCUT2D eigenvalue weighted by Gasteiger charge is -2.23. The van der Waals surface area contributed by atoms with Crippen molar-refractivity contribution in [2.24, 2.45) is 0 Å². The average Bonchev–Trinajstić information content (AvgIpc) is 2.17. The topological polar surface area (TPSA) is 9.23 Å². The van der Waals surface area contributed by atoms with Crippen LogP contribution in [-0.2, 0) is 0 Å². The van der Waals surface area contributed by atoms with E-state index in [9.17, 15) is 26.3 Å². The summed E-state index contributed by atoms with van der Waals surface area (Å²) in [5.41, 5.74) is 0. The fourth-order valence-electron chi connectivity index (χ4n) is 0.821. The van der Waals surface area contributed by atoms with Crippen molar-refractivity contribution in [1.29, 1.82) is 0 Å². The fraction of sp³-hybridized carbons (Fsp3) is 0.333. The van der Waals surface area contributed by atoms with Gasteiger partial charge < -0.3 is 4.74 Å². The van der Waals surface area contributed by atoms with E-state index < -0.39 is 24.2 Å². The minimum atomic E-state index is -5.98. The molecule has 0 bridgehead atoms. The maximum atomic E-state index is 12.7. The van der Waals surface area contributed by atoms with E-state index in [2.05, 4.69) is 4.74 Å². The number of hydrogen-bond acceptors (Lipinski definition) is 1. The summed E-state index contributed by atoms with van der Waals surface area (Å²) in [5, 5.41) is 0. The number of rotatable bonds is 3. The Balaban J connectivity index is 2.76. The van der Waals surface area contributed by atoms with Gasteiger partial charge in [0.15, 0.2) is 0 Å². The number of halogens is 6. The molecule has 0 saturated heterocycles. The van der Waals surface area contributed by atoms with Crippen molar-refractivity contribution in [3.05, 3.63) is 30.3 Å². The first-order chi connectivity index (χ1) is 7.25. The molecule has 1 rings (SSSR count). The predicted octanol–water partition coefficient (Wildman–Crippen LogP) is 3.56. The SMILES string of the molecule is FC(Oc1ccccc1)C(F)(F)C(F)(F)F. The third-order valence-electron chi connectivity index (χ3n) is 1.65. The van der Waals surface area contributed by atoms with Crippen molar-refractivity contribution in [3.8, 4) is 5.75 Å². The van der Waals surface area contributed by atoms with Crippen LogP contribution in [0.1, 0.15) is 0 Å². The molecule has 0 aliphatic heterocycles. The number of alkyl halides is 6. The molecule has 1 atom stereocenters. The van der Waals surface area contributed by atoms with E-state index in [1.54, 1.807) is 0 Å². The summed E-state index contributed by atoms with van der Waals surface area (Å²) < 4.78 is 76.5. The summed E-state index contributed by atoms with van der Waals surface area (Å²) in [7, 11) is 0. The minimum Gasteiger partial charge on any atom is -0.454 e. The van der Waals surface area contributed by atoms with Crippen molar-refractivity contribution in [2.75, 3.05) is 0 Å². The summed E-state index contributed by atoms with van der Waals surface area (Å²) in [6.07, 6.45) is -9.75. The number of para-hydroxylation sites is 1. The third kappa shape index (κ3) is 2.59. The van der Waals surface area contributed by atoms with Gasteiger partial charge in [-0.25, -0.2) is 0 Å². The van der Waals surface area contributed by atoms with Crippen molar-refractivity contribution in [3.63, 3.8) is 0 Å². The van der Waals surface area contributed by atoms with Crippen LogP contribution in [0.5, 0.6) is 5.75 Å². The first kappa shape index (κ1) is 12.7. The van der Waals surface area contributed by atoms with Crippen LogP contribution in [0.2, 0.25) is 0 Å². The fourth-order valence-corrected chi connectivity index (χ4v) is 0.821. The van der Waals surface area contributed by atoms with Crippen molar-refractivity contribution >= 4 is 0 Å². The van der Waals surface area contributed by atoms with Crippen LogP contribution in [0.3, 0.4) is 0 Å². The zero-order chi connectivity index (χ0) is 12.4. The molecule has 0 N–H and O–H groups in total. The van der Waals surface area contributed by atoms with Gasteiger partial charge in [0.2, 0.25) is 0 Å². The first-order valence-corrected chi connectivity index (χ1v) is 4.05. The molecule has 1 nitrogen and oxygen atoms in total. The highest BCUT2D eigenvalue weighted by Crippen LogP contribution is 2.40. The maximum Gasteiger partial charge on any atom is 0.460 e. The molecule has 1 aromatic rings. The first-order valence-electron chi connectivity index (χ1n) is 4.05. The Kier molecular flexibility index (Phi) is 3.35. The zero-order valence-electron chi connectivity index (χ0n) is 7.64. The van der Waals surface area contributed by atoms with Gasteiger partial charge in [-0.1, -0.05) is 18.2 Å². The summed E-state index contributed by atoms with van der Waals surface area (Å²) in [5.74, 6) is -5.94. The predicted molar refractivity (Wildman–Crippen MR) is 43.0 cm³/mol. The number of ether oxygens (including phenoxy) is 1. The van der Waals surface area contributed by atoms with Gasteiger partial charge in [0.1, 0.15) is 5.75 Å². The molecule has 7 heteroatoms. The summed E-state index contributed by atoms with van der Waals surface area (Å²) in [6.45, 7) is 0. The lowest BCUT2D eigenvalue weighted by atomic mass is 10.3. The van der Waals surface area contributed by atoms with Crippen LogP contribution in [0.15, 0.2) is 30.3 Å². The third-order valence-corrected chi connectivity index (χ3v) is 1.65. The summed E-state index contributed by atoms with van der Waals surface area (Å²) >= 11 is 0. The van der Waals surface area contributed by atoms with Gasteiger partial charge in [-0.05, 0) is 12.1 Å². The summed E-state index contributed by atoms with van der Waals surface area (Å²) in [6, 6.07) is 6.24. The molecular formula is C9H6F6O. The Labute approximate surface area is 86.6 Å². The molecule has 16 heavy (non-hydrogen) atoms. The van der Waals surface area contributed by atoms with Crippen LogP contribution in [0, 0.1) is 0 Å². The monoisotopic (exact) mass is 244 g/mol. The normalized spacial score (nSPS) is 14.6. The molecule has 0 aromatic heterocycles. The molecule has 0 heterocycles. The van der Waals surface area contributed by atoms with Crippen LogP contribution in [-0.4, -0.2) is 18.5 Å². The molecule has 1 unspecified atom stereocenters. The Morgan fingerprint density at radius 3 is 1.88 bits per heavy atom. The lowest BCUT2D eigenvalue weighted by Crippen LogP contribution is -2.47. The largest absolute Gasteiger partial charge is 0.460 e. The number of benzene rings is 1. The van der Waals surface area contributed by atoms with Gasteiger partial charge in [0.25, 0.3) is 0 Å². The lowest BCUT2D eigenvalue weighted by molar-refractivity contribution is -0.328. The minimum absolute atomic E-state index is 0.404. The molecule has 0 amide bonds. The molecule has 90 valence electrons. The van der Waals surface area contributed by atoms with Gasteiger partial charge in [0.05, 0.1) is 0 Å². The van der Waals surface area contributed by atoms with Gasteiger partial charge in [-0.2, -0.15) is 26.3 Å². The van der Waals surface area contributed by atoms with E-state index in [-0.39, 0.29) is 0 Å². The highest BCUT2D eigenvalue weighted by Gasteiger charge is 2.65. The molecule has 0 aliphatic carbocycles. The maximum absolute atomic E-state index is 12.7. The van der Waals surface area contributed by atoms with Gasteiger partial charge in [-0.3, -0.25) is 0 Å². The summed E-state index contributed by atoms with van der Waals surface area (Å²) in [4.78, 5) is 0. The Hall–Kier alpha value is -1.40. The van der Waals surface area contributed by atoms with Gasteiger partial charge >= 0.3 is 18.5 Å². The van der Waals surface area contributed by atoms with E-state index >= 15 is 0 Å². The molecule has 0 aliphatic rings. The smallest absolute Gasteiger partial charge is 0.454 e. The highest BCUT2D eigenvalue weighted by molar-refractivity contribution is 5.21. The second-order valence-corrected chi connectivity index (χ2v) is 2.87. The number of hydrogen-bond donors (Lipinski definition) is 0. The molecule has 0 radical (unpaired) electrons. The molecule has 0 spiro atoms. The zero-order valence-corrected chi connectivity index (χ0v) is 7.64. The highest BCUT2D eigenvalue weighted by atomic mass is 19.4. The van der Waals surface area contributed by atoms with Gasteiger partial charge in [0, 0.05) is 0 Å². The van der Waals surface area contributed by atoms with Crippen molar-refractivity contribution < 1.29 is 31.1 Å². The molecule has 0 fully saturated rings. The van der Waals surface area contributed by atoms with E-state index in [4.69, 9.17) is 0 Å². The molecular weight excluding hydrogens is 238 g/mol. The Morgan fingerprint density at radius 1 is 0.938 bits per heavy atom. The Morgan fingerprint density at radius 2 is 1.44 bits per heavy atom. The van der Waals surface area contributed by atoms with E-state index in [0.29, 0.717) is 0 Å². The van der Waals surface area contributed by atoms with Crippen LogP contribution >= 0.6 is 0 Å². The second-order valence-electron chi connectivity index (χ2n) is 2.87. The van der Waals surface area contributed by atoms with Crippen LogP contribution < -0.4 is 4.74 Å². The van der Waals surface area contributed by atoms with Crippen molar-refractivity contribution in [1.82, 2.24) is 0 Å². The molecule has 1 aromatic carbocycles. The van der Waals surface area contributed by atoms with E-state index in [1.165, 1.54) is 18.2 Å². The van der Waals surface area contributed by atoms with E-state index in [0.717, 1.165) is 12.1 Å². The second kappa shape index (κ2) is 4.23. The van der Waals surface area contributed by atoms with E-state index in [1.807, 2.05) is 0 Å².